The second-order valence-corrected chi connectivity index (χ2v) is 12.4. The molecule has 2 aromatic rings. The number of rotatable bonds is 13. The molecule has 4 rings (SSSR count). The summed E-state index contributed by atoms with van der Waals surface area (Å²) < 4.78 is 6.33. The Balaban J connectivity index is 1.54. The molecule has 3 N–H and O–H groups in total. The number of aryl methyl sites for hydroxylation is 1. The van der Waals surface area contributed by atoms with Gasteiger partial charge in [-0.3, -0.25) is 4.79 Å². The highest BCUT2D eigenvalue weighted by Gasteiger charge is 2.38. The molecule has 8 nitrogen and oxygen atoms in total. The van der Waals surface area contributed by atoms with Gasteiger partial charge in [-0.1, -0.05) is 49.2 Å². The average molecular weight is 613 g/mol. The lowest BCUT2D eigenvalue weighted by Gasteiger charge is -2.42. The van der Waals surface area contributed by atoms with E-state index >= 15 is 0 Å². The van der Waals surface area contributed by atoms with Gasteiger partial charge in [0.1, 0.15) is 5.75 Å². The van der Waals surface area contributed by atoms with Crippen LogP contribution >= 0.6 is 11.6 Å². The van der Waals surface area contributed by atoms with Crippen molar-refractivity contribution in [3.63, 3.8) is 0 Å². The number of ether oxygens (including phenoxy) is 1. The fourth-order valence-corrected chi connectivity index (χ4v) is 6.37. The molecule has 1 amide bonds. The number of hydrogen-bond acceptors (Lipinski definition) is 6. The molecular formula is C34H45ClN2O6. The summed E-state index contributed by atoms with van der Waals surface area (Å²) >= 11 is 6.36. The highest BCUT2D eigenvalue weighted by atomic mass is 35.5. The number of aliphatic hydroxyl groups is 2. The van der Waals surface area contributed by atoms with Crippen molar-refractivity contribution in [2.24, 2.45) is 11.8 Å². The molecule has 5 unspecified atom stereocenters. The fraction of sp³-hybridized carbons (Fsp3) is 0.529. The Morgan fingerprint density at radius 3 is 2.65 bits per heavy atom. The van der Waals surface area contributed by atoms with E-state index < -0.39 is 18.2 Å². The number of hydrogen-bond donors (Lipinski definition) is 3. The smallest absolute Gasteiger partial charge is 0.337 e. The molecule has 2 aliphatic rings. The van der Waals surface area contributed by atoms with E-state index in [1.54, 1.807) is 37.1 Å². The molecule has 0 spiro atoms. The van der Waals surface area contributed by atoms with Crippen molar-refractivity contribution in [3.8, 4) is 5.75 Å². The molecule has 1 heterocycles. The third-order valence-corrected chi connectivity index (χ3v) is 9.16. The van der Waals surface area contributed by atoms with Crippen molar-refractivity contribution >= 4 is 29.2 Å². The van der Waals surface area contributed by atoms with Gasteiger partial charge in [-0.15, -0.1) is 0 Å². The van der Waals surface area contributed by atoms with Crippen LogP contribution in [0.25, 0.3) is 0 Å². The lowest BCUT2D eigenvalue weighted by atomic mass is 9.70. The summed E-state index contributed by atoms with van der Waals surface area (Å²) in [5, 5.41) is 31.5. The number of fused-ring (bicyclic) bond motifs is 1. The Morgan fingerprint density at radius 2 is 1.98 bits per heavy atom. The minimum Gasteiger partial charge on any atom is -0.491 e. The van der Waals surface area contributed by atoms with Gasteiger partial charge in [0.2, 0.25) is 5.91 Å². The predicted molar refractivity (Wildman–Crippen MR) is 169 cm³/mol. The van der Waals surface area contributed by atoms with Crippen LogP contribution in [-0.4, -0.2) is 71.5 Å². The Hall–Kier alpha value is -3.07. The van der Waals surface area contributed by atoms with E-state index in [-0.39, 0.29) is 23.7 Å². The zero-order chi connectivity index (χ0) is 31.1. The van der Waals surface area contributed by atoms with Crippen molar-refractivity contribution in [2.45, 2.75) is 70.5 Å². The lowest BCUT2D eigenvalue weighted by Crippen LogP contribution is -2.44. The molecule has 43 heavy (non-hydrogen) atoms. The maximum atomic E-state index is 11.6. The summed E-state index contributed by atoms with van der Waals surface area (Å²) in [5.41, 5.74) is 3.46. The quantitative estimate of drug-likeness (QED) is 0.200. The number of amides is 1. The Kier molecular flexibility index (Phi) is 11.5. The summed E-state index contributed by atoms with van der Waals surface area (Å²) in [6.45, 7) is 6.17. The van der Waals surface area contributed by atoms with E-state index in [1.165, 1.54) is 11.1 Å². The SMILES string of the molecule is CCCc1cc(Cl)ccc1C1COc2ccc(C(O)C(=O)O)cc2N(CC2CCC2C(O)/C=C\CCCN(C)C(C)=O)C1. The highest BCUT2D eigenvalue weighted by Crippen LogP contribution is 2.43. The molecule has 234 valence electrons. The number of carbonyl (C=O) groups excluding carboxylic acids is 1. The number of allylic oxidation sites excluding steroid dienone is 1. The summed E-state index contributed by atoms with van der Waals surface area (Å²) in [5.74, 6) is -0.195. The maximum Gasteiger partial charge on any atom is 0.337 e. The molecule has 0 saturated heterocycles. The number of unbranched alkanes of at least 4 members (excludes halogenated alkanes) is 1. The number of aliphatic carboxylic acids is 1. The van der Waals surface area contributed by atoms with Crippen molar-refractivity contribution in [1.82, 2.24) is 4.90 Å². The minimum atomic E-state index is -1.63. The molecule has 2 aromatic carbocycles. The molecule has 0 radical (unpaired) electrons. The van der Waals surface area contributed by atoms with E-state index in [2.05, 4.69) is 17.9 Å². The van der Waals surface area contributed by atoms with E-state index in [0.717, 1.165) is 44.2 Å². The number of benzene rings is 2. The van der Waals surface area contributed by atoms with Crippen LogP contribution in [-0.2, 0) is 16.0 Å². The zero-order valence-electron chi connectivity index (χ0n) is 25.4. The third-order valence-electron chi connectivity index (χ3n) is 8.92. The normalized spacial score (nSPS) is 21.3. The van der Waals surface area contributed by atoms with Crippen LogP contribution in [0.1, 0.15) is 74.7 Å². The second kappa shape index (κ2) is 15.1. The Labute approximate surface area is 259 Å². The number of aliphatic hydroxyl groups excluding tert-OH is 2. The first-order valence-electron chi connectivity index (χ1n) is 15.4. The predicted octanol–water partition coefficient (Wildman–Crippen LogP) is 5.59. The fourth-order valence-electron chi connectivity index (χ4n) is 6.18. The van der Waals surface area contributed by atoms with Gasteiger partial charge in [0.05, 0.1) is 18.4 Å². The van der Waals surface area contributed by atoms with Crippen molar-refractivity contribution in [2.75, 3.05) is 38.2 Å². The topological polar surface area (TPSA) is 111 Å². The minimum absolute atomic E-state index is 0.0475. The van der Waals surface area contributed by atoms with Gasteiger partial charge in [-0.05, 0) is 84.9 Å². The highest BCUT2D eigenvalue weighted by molar-refractivity contribution is 6.30. The summed E-state index contributed by atoms with van der Waals surface area (Å²) in [4.78, 5) is 26.9. The Morgan fingerprint density at radius 1 is 1.19 bits per heavy atom. The van der Waals surface area contributed by atoms with Gasteiger partial charge in [0, 0.05) is 44.5 Å². The van der Waals surface area contributed by atoms with Crippen LogP contribution in [0.2, 0.25) is 5.02 Å². The van der Waals surface area contributed by atoms with Crippen LogP contribution in [0, 0.1) is 11.8 Å². The van der Waals surface area contributed by atoms with Gasteiger partial charge in [0.15, 0.2) is 6.10 Å². The second-order valence-electron chi connectivity index (χ2n) is 12.0. The van der Waals surface area contributed by atoms with Crippen molar-refractivity contribution in [3.05, 3.63) is 70.3 Å². The van der Waals surface area contributed by atoms with Crippen molar-refractivity contribution < 1.29 is 29.6 Å². The van der Waals surface area contributed by atoms with Gasteiger partial charge in [0.25, 0.3) is 0 Å². The first-order valence-corrected chi connectivity index (χ1v) is 15.7. The van der Waals surface area contributed by atoms with Crippen LogP contribution in [0.4, 0.5) is 5.69 Å². The number of anilines is 1. The molecule has 1 fully saturated rings. The van der Waals surface area contributed by atoms with E-state index in [4.69, 9.17) is 16.3 Å². The van der Waals surface area contributed by atoms with E-state index in [1.807, 2.05) is 24.3 Å². The monoisotopic (exact) mass is 612 g/mol. The first kappa shape index (κ1) is 32.8. The largest absolute Gasteiger partial charge is 0.491 e. The summed E-state index contributed by atoms with van der Waals surface area (Å²) in [7, 11) is 1.79. The molecule has 5 atom stereocenters. The molecule has 0 aromatic heterocycles. The average Bonchev–Trinajstić information content (AvgIpc) is 3.13. The molecule has 1 saturated carbocycles. The number of halogens is 1. The van der Waals surface area contributed by atoms with Gasteiger partial charge in [-0.25, -0.2) is 4.79 Å². The van der Waals surface area contributed by atoms with Crippen LogP contribution < -0.4 is 9.64 Å². The summed E-state index contributed by atoms with van der Waals surface area (Å²) in [6.07, 6.45) is 7.15. The maximum absolute atomic E-state index is 11.6. The van der Waals surface area contributed by atoms with Crippen molar-refractivity contribution in [1.29, 1.82) is 0 Å². The molecule has 1 aliphatic carbocycles. The first-order chi connectivity index (χ1) is 20.6. The lowest BCUT2D eigenvalue weighted by molar-refractivity contribution is -0.147. The molecule has 0 bridgehead atoms. The number of nitrogens with zero attached hydrogens (tertiary/aromatic N) is 2. The van der Waals surface area contributed by atoms with Gasteiger partial charge in [-0.2, -0.15) is 0 Å². The number of carboxylic acids is 1. The van der Waals surface area contributed by atoms with Crippen LogP contribution in [0.3, 0.4) is 0 Å². The van der Waals surface area contributed by atoms with Gasteiger partial charge < -0.3 is 29.9 Å². The third kappa shape index (κ3) is 8.31. The van der Waals surface area contributed by atoms with Crippen LogP contribution in [0.5, 0.6) is 5.75 Å². The Bertz CT molecular complexity index is 1300. The van der Waals surface area contributed by atoms with E-state index in [0.29, 0.717) is 42.6 Å². The molecular weight excluding hydrogens is 568 g/mol. The number of carboxylic acid groups (broad SMARTS) is 1. The summed E-state index contributed by atoms with van der Waals surface area (Å²) in [6, 6.07) is 11.1. The number of carbonyl (C=O) groups is 2. The molecule has 9 heteroatoms. The van der Waals surface area contributed by atoms with E-state index in [9.17, 15) is 24.9 Å². The zero-order valence-corrected chi connectivity index (χ0v) is 26.2. The molecule has 1 aliphatic heterocycles. The van der Waals surface area contributed by atoms with Crippen LogP contribution in [0.15, 0.2) is 48.6 Å². The van der Waals surface area contributed by atoms with Gasteiger partial charge >= 0.3 is 5.97 Å². The standard InChI is InChI=1S/C34H45ClN2O6/c1-4-8-23-17-27(35)12-14-28(23)26-20-37(30-18-24(33(40)34(41)42)11-15-32(30)43-21-26)19-25-10-13-29(25)31(39)9-6-5-7-16-36(3)22(2)38/h6,9,11-12,14-15,17-18,25-26,29,31,33,39-40H,4-5,7-8,10,13,16,19-21H2,1-3H3,(H,41,42)/b9-6-.